The molecule has 3 aromatic rings. The number of hydrogen-bond acceptors (Lipinski definition) is 10. The smallest absolute Gasteiger partial charge is 0.262 e. The van der Waals surface area contributed by atoms with Gasteiger partial charge in [0, 0.05) is 85.9 Å². The molecule has 4 saturated carbocycles. The summed E-state index contributed by atoms with van der Waals surface area (Å²) in [7, 11) is -3.37. The molecule has 7 atom stereocenters. The Balaban J connectivity index is 0.00000105. The van der Waals surface area contributed by atoms with E-state index < -0.39 is 86.9 Å². The molecule has 3 aliphatic heterocycles. The molecule has 0 spiro atoms. The molecule has 4 aliphatic carbocycles. The van der Waals surface area contributed by atoms with E-state index in [-0.39, 0.29) is 86.7 Å². The van der Waals surface area contributed by atoms with Crippen LogP contribution in [0, 0.1) is 41.4 Å². The van der Waals surface area contributed by atoms with Gasteiger partial charge < -0.3 is 0 Å². The van der Waals surface area contributed by atoms with Crippen LogP contribution in [-0.4, -0.2) is 120 Å². The summed E-state index contributed by atoms with van der Waals surface area (Å²) in [6.45, 7) is 6.08. The molecule has 0 saturated heterocycles. The molecular formula is C63H92ClF7N4O9S2. The fourth-order valence-electron chi connectivity index (χ4n) is 11.0. The van der Waals surface area contributed by atoms with Gasteiger partial charge in [0.1, 0.15) is 11.8 Å². The maximum absolute atomic E-state index is 14.2. The zero-order valence-electron chi connectivity index (χ0n) is 46.3. The maximum Gasteiger partial charge on any atom is 0.262 e. The van der Waals surface area contributed by atoms with Crippen LogP contribution in [0.5, 0.6) is 0 Å². The number of fused-ring (bicyclic) bond motifs is 3. The molecule has 3 aromatic carbocycles. The predicted molar refractivity (Wildman–Crippen MR) is 329 cm³/mol. The van der Waals surface area contributed by atoms with Crippen LogP contribution in [0.2, 0.25) is 0 Å². The lowest BCUT2D eigenvalue weighted by atomic mass is 9.78. The molecule has 7 aliphatic rings. The molecule has 86 heavy (non-hydrogen) atoms. The van der Waals surface area contributed by atoms with Gasteiger partial charge in [0.25, 0.3) is 53.2 Å². The highest BCUT2D eigenvalue weighted by atomic mass is 35.5. The summed E-state index contributed by atoms with van der Waals surface area (Å²) in [6.07, 6.45) is 11.5. The minimum Gasteiger partial charge on any atom is -0.299 e. The number of rotatable bonds is 8. The van der Waals surface area contributed by atoms with E-state index in [9.17, 15) is 72.2 Å². The van der Waals surface area contributed by atoms with Crippen molar-refractivity contribution in [2.45, 2.75) is 166 Å². The minimum atomic E-state index is -3.37. The Labute approximate surface area is 516 Å². The molecule has 0 radical (unpaired) electrons. The van der Waals surface area contributed by atoms with Crippen LogP contribution in [-0.2, 0) is 14.8 Å². The van der Waals surface area contributed by atoms with E-state index in [1.807, 2.05) is 6.92 Å². The lowest BCUT2D eigenvalue weighted by Gasteiger charge is -2.37. The summed E-state index contributed by atoms with van der Waals surface area (Å²) in [5, 5.41) is 0. The van der Waals surface area contributed by atoms with Gasteiger partial charge in [0.05, 0.1) is 39.6 Å². The highest BCUT2D eigenvalue weighted by Gasteiger charge is 2.51. The minimum absolute atomic E-state index is 0. The van der Waals surface area contributed by atoms with Crippen LogP contribution in [0.3, 0.4) is 0 Å². The van der Waals surface area contributed by atoms with Crippen LogP contribution in [0.4, 0.5) is 30.2 Å². The number of ketones is 1. The number of halogens is 8. The molecule has 13 nitrogen and oxygen atoms in total. The van der Waals surface area contributed by atoms with Gasteiger partial charge in [-0.25, -0.2) is 39.5 Å². The molecule has 23 heteroatoms. The third-order valence-corrected chi connectivity index (χ3v) is 17.1. The molecule has 3 heterocycles. The molecule has 0 bridgehead atoms. The second-order valence-corrected chi connectivity index (χ2v) is 24.1. The number of nitrogens with zero attached hydrogens (tertiary/aromatic N) is 3. The molecule has 4 fully saturated rings. The van der Waals surface area contributed by atoms with E-state index in [2.05, 4.69) is 4.72 Å². The van der Waals surface area contributed by atoms with Crippen LogP contribution in [0.15, 0.2) is 72.8 Å². The Bertz CT molecular complexity index is 2660. The molecular weight excluding hydrogens is 1190 g/mol. The number of hydrogen-bond donors (Lipinski definition) is 1. The quantitative estimate of drug-likeness (QED) is 0.0989. The summed E-state index contributed by atoms with van der Waals surface area (Å²) in [5.41, 5.74) is 2.13. The Morgan fingerprint density at radius 2 is 0.767 bits per heavy atom. The van der Waals surface area contributed by atoms with Crippen molar-refractivity contribution in [3.8, 4) is 0 Å². The second-order valence-electron chi connectivity index (χ2n) is 21.7. The van der Waals surface area contributed by atoms with Crippen LogP contribution < -0.4 is 4.72 Å². The van der Waals surface area contributed by atoms with Gasteiger partial charge in [-0.15, -0.1) is 11.6 Å². The highest BCUT2D eigenvalue weighted by Crippen LogP contribution is 2.46. The van der Waals surface area contributed by atoms with Crippen molar-refractivity contribution in [2.24, 2.45) is 41.4 Å². The molecule has 10 rings (SSSR count). The predicted octanol–water partition coefficient (Wildman–Crippen LogP) is 16.0. The first kappa shape index (κ1) is 80.8. The fraction of sp³-hybridized carbons (Fsp3) is 0.603. The number of amides is 6. The summed E-state index contributed by atoms with van der Waals surface area (Å²) in [5.74, 6) is -14.8. The highest BCUT2D eigenvalue weighted by molar-refractivity contribution is 7.93. The van der Waals surface area contributed by atoms with E-state index >= 15 is 0 Å². The summed E-state index contributed by atoms with van der Waals surface area (Å²) >= 11 is 5.72. The van der Waals surface area contributed by atoms with E-state index in [0.717, 1.165) is 46.6 Å². The van der Waals surface area contributed by atoms with Crippen molar-refractivity contribution < 1.29 is 72.2 Å². The van der Waals surface area contributed by atoms with Gasteiger partial charge in [0.2, 0.25) is 10.0 Å². The number of imide groups is 3. The Kier molecular flexibility index (Phi) is 33.0. The third-order valence-electron chi connectivity index (χ3n) is 16.2. The molecule has 0 aromatic heterocycles. The van der Waals surface area contributed by atoms with E-state index in [4.69, 9.17) is 11.6 Å². The molecule has 3 unspecified atom stereocenters. The number of benzene rings is 3. The fourth-order valence-corrected chi connectivity index (χ4v) is 11.8. The average Bonchev–Trinajstić information content (AvgIpc) is 3.49. The summed E-state index contributed by atoms with van der Waals surface area (Å²) < 4.78 is 118. The normalized spacial score (nSPS) is 24.4. The van der Waals surface area contributed by atoms with E-state index in [1.165, 1.54) is 33.4 Å². The lowest BCUT2D eigenvalue weighted by Crippen LogP contribution is -2.46. The average molecular weight is 1280 g/mol. The van der Waals surface area contributed by atoms with Crippen molar-refractivity contribution in [3.05, 3.63) is 106 Å². The number of nitrogens with one attached hydrogen (secondary N) is 1. The SMILES string of the molecule is C.C.C.C.C.CC1CCCC(CN2C(=O)c3ccccc3C2=O)C1(F)F.CC1CCCCC1=O.CSF.C[C@H]1CCC[C@@H](CN2C(=O)c3ccccc3C2=O)C1(F)F.C[C@H]1CCC[C@@H](CNS(C)(=O)=O)C1(F)F.O=C1c2ccccc2C(=O)N1CCl. The monoisotopic (exact) mass is 1280 g/mol. The Morgan fingerprint density at radius 1 is 0.488 bits per heavy atom. The number of Topliss-reactive ketones (excluding diaryl/α,β-unsaturated/α-hetero) is 1. The summed E-state index contributed by atoms with van der Waals surface area (Å²) in [4.78, 5) is 85.6. The largest absolute Gasteiger partial charge is 0.299 e. The lowest BCUT2D eigenvalue weighted by molar-refractivity contribution is -0.128. The van der Waals surface area contributed by atoms with Crippen molar-refractivity contribution in [1.29, 1.82) is 0 Å². The van der Waals surface area contributed by atoms with Crippen molar-refractivity contribution in [3.63, 3.8) is 0 Å². The molecule has 6 amide bonds. The first-order valence-corrected chi connectivity index (χ1v) is 30.8. The zero-order chi connectivity index (χ0) is 60.2. The third kappa shape index (κ3) is 19.4. The van der Waals surface area contributed by atoms with Gasteiger partial charge in [-0.2, -0.15) is 3.89 Å². The topological polar surface area (TPSA) is 175 Å². The standard InChI is InChI=1S/2C16H17F2NO2.C9H6ClNO2.C9H17F2NO2S.C7H12O.CH3FS.5CH4/c2*1-10-5-4-6-11(16(10,17)18)9-19-14(20)12-7-2-3-8-13(12)15(19)21;10-5-11-8(12)6-3-1-2-4-7(6)9(11)13;1-7-4-3-5-8(9(7,10)11)6-12-15(2,13)14;1-6-4-2-3-5-7(6)8;1-3-2;;;;;/h2*2-3,7-8,10-11H,4-6,9H2,1H3;1-4H,5H2;7-8,12H,3-6H2,1-2H3;6H,2-5H2,1H3;1H3;5*1H4/t10-,11-;;;7-,8-;;;;;;;/m0..0......./s1. The van der Waals surface area contributed by atoms with Gasteiger partial charge in [0.15, 0.2) is 0 Å². The second kappa shape index (κ2) is 35.1. The Morgan fingerprint density at radius 3 is 1.02 bits per heavy atom. The molecule has 1 N–H and O–H groups in total. The van der Waals surface area contributed by atoms with Gasteiger partial charge in [-0.05, 0) is 87.8 Å². The van der Waals surface area contributed by atoms with Gasteiger partial charge in [-0.1, -0.05) is 127 Å². The van der Waals surface area contributed by atoms with Crippen LogP contribution in [0.1, 0.15) is 210 Å². The number of sulfonamides is 1. The maximum atomic E-state index is 14.2. The van der Waals surface area contributed by atoms with Gasteiger partial charge in [-0.3, -0.25) is 48.3 Å². The first-order valence-electron chi connectivity index (χ1n) is 27.2. The van der Waals surface area contributed by atoms with Gasteiger partial charge >= 0.3 is 0 Å². The summed E-state index contributed by atoms with van der Waals surface area (Å²) in [6, 6.07) is 19.6. The van der Waals surface area contributed by atoms with E-state index in [1.54, 1.807) is 72.8 Å². The Hall–Kier alpha value is -5.19. The van der Waals surface area contributed by atoms with Crippen molar-refractivity contribution >= 4 is 75.0 Å². The number of carbonyl (C=O) groups excluding carboxylic acids is 7. The molecule has 486 valence electrons. The van der Waals surface area contributed by atoms with E-state index in [0.29, 0.717) is 96.4 Å². The number of alkyl halides is 7. The van der Waals surface area contributed by atoms with Crippen molar-refractivity contribution in [2.75, 3.05) is 38.1 Å². The van der Waals surface area contributed by atoms with Crippen molar-refractivity contribution in [1.82, 2.24) is 19.4 Å². The number of carbonyl (C=O) groups is 7. The van der Waals surface area contributed by atoms with Crippen LogP contribution >= 0.6 is 23.7 Å². The van der Waals surface area contributed by atoms with Crippen LogP contribution in [0.25, 0.3) is 0 Å². The zero-order valence-corrected chi connectivity index (χ0v) is 48.7. The first-order chi connectivity index (χ1) is 38.1.